The maximum absolute atomic E-state index is 13.9. The number of halogens is 1. The van der Waals surface area contributed by atoms with Crippen molar-refractivity contribution >= 4 is 29.7 Å². The Morgan fingerprint density at radius 3 is 2.86 bits per heavy atom. The number of fused-ring (bicyclic) bond motifs is 1. The molecule has 3 atom stereocenters. The molecule has 3 unspecified atom stereocenters. The molecule has 1 aliphatic carbocycles. The average molecular weight is 418 g/mol. The second-order valence-corrected chi connectivity index (χ2v) is 9.40. The van der Waals surface area contributed by atoms with E-state index in [-0.39, 0.29) is 34.8 Å². The van der Waals surface area contributed by atoms with Crippen molar-refractivity contribution in [3.05, 3.63) is 40.6 Å². The Balaban J connectivity index is 1.30. The van der Waals surface area contributed by atoms with Crippen LogP contribution >= 0.6 is 11.8 Å². The van der Waals surface area contributed by atoms with Crippen molar-refractivity contribution in [1.29, 1.82) is 0 Å². The van der Waals surface area contributed by atoms with Crippen LogP contribution in [-0.2, 0) is 9.59 Å². The van der Waals surface area contributed by atoms with Crippen molar-refractivity contribution in [3.63, 3.8) is 0 Å². The largest absolute Gasteiger partial charge is 0.355 e. The molecule has 0 bridgehead atoms. The molecule has 2 aliphatic heterocycles. The van der Waals surface area contributed by atoms with Crippen molar-refractivity contribution in [2.75, 3.05) is 26.2 Å². The SMILES string of the molecule is O=C1NC2CC(C(=O)NCCN3CCCC3)CCC2S/C1=C/c1ccccc1F. The van der Waals surface area contributed by atoms with Gasteiger partial charge in [-0.15, -0.1) is 11.8 Å². The standard InChI is InChI=1S/C22H28FN3O2S/c23-17-6-2-1-5-15(17)14-20-22(28)25-18-13-16(7-8-19(18)29-20)21(27)24-9-12-26-10-3-4-11-26/h1-2,5-6,14,16,18-19H,3-4,7-13H2,(H,24,27)(H,25,28)/b20-14+. The number of hydrogen-bond donors (Lipinski definition) is 2. The third-order valence-electron chi connectivity index (χ3n) is 6.09. The van der Waals surface area contributed by atoms with Crippen LogP contribution in [0.1, 0.15) is 37.7 Å². The molecule has 0 spiro atoms. The van der Waals surface area contributed by atoms with Crippen LogP contribution in [0.2, 0.25) is 0 Å². The van der Waals surface area contributed by atoms with Crippen molar-refractivity contribution in [2.24, 2.45) is 5.92 Å². The molecule has 1 saturated carbocycles. The first-order chi connectivity index (χ1) is 14.1. The van der Waals surface area contributed by atoms with E-state index in [0.717, 1.165) is 32.5 Å². The Morgan fingerprint density at radius 1 is 1.28 bits per heavy atom. The van der Waals surface area contributed by atoms with Crippen LogP contribution in [0.3, 0.4) is 0 Å². The fourth-order valence-electron chi connectivity index (χ4n) is 4.45. The number of hydrogen-bond acceptors (Lipinski definition) is 4. The maximum Gasteiger partial charge on any atom is 0.257 e. The van der Waals surface area contributed by atoms with Crippen LogP contribution < -0.4 is 10.6 Å². The van der Waals surface area contributed by atoms with E-state index in [2.05, 4.69) is 15.5 Å². The van der Waals surface area contributed by atoms with Crippen molar-refractivity contribution in [3.8, 4) is 0 Å². The summed E-state index contributed by atoms with van der Waals surface area (Å²) in [7, 11) is 0. The highest BCUT2D eigenvalue weighted by Gasteiger charge is 2.39. The normalized spacial score (nSPS) is 28.8. The fourth-order valence-corrected chi connectivity index (χ4v) is 5.74. The topological polar surface area (TPSA) is 61.4 Å². The molecule has 3 aliphatic rings. The first-order valence-electron chi connectivity index (χ1n) is 10.5. The molecular formula is C22H28FN3O2S. The summed E-state index contributed by atoms with van der Waals surface area (Å²) in [5.41, 5.74) is 0.426. The van der Waals surface area contributed by atoms with Gasteiger partial charge in [-0.1, -0.05) is 18.2 Å². The zero-order valence-corrected chi connectivity index (χ0v) is 17.3. The molecule has 5 nitrogen and oxygen atoms in total. The third-order valence-corrected chi connectivity index (χ3v) is 7.52. The maximum atomic E-state index is 13.9. The minimum Gasteiger partial charge on any atom is -0.355 e. The molecule has 0 aromatic heterocycles. The summed E-state index contributed by atoms with van der Waals surface area (Å²) in [6.45, 7) is 3.88. The number of carbonyl (C=O) groups is 2. The van der Waals surface area contributed by atoms with E-state index in [1.54, 1.807) is 24.3 Å². The van der Waals surface area contributed by atoms with Gasteiger partial charge < -0.3 is 15.5 Å². The first kappa shape index (κ1) is 20.4. The lowest BCUT2D eigenvalue weighted by atomic mass is 9.84. The van der Waals surface area contributed by atoms with Crippen LogP contribution in [0.5, 0.6) is 0 Å². The lowest BCUT2D eigenvalue weighted by Gasteiger charge is -2.39. The molecule has 2 heterocycles. The van der Waals surface area contributed by atoms with Crippen LogP contribution in [0.15, 0.2) is 29.2 Å². The smallest absolute Gasteiger partial charge is 0.257 e. The summed E-state index contributed by atoms with van der Waals surface area (Å²) >= 11 is 1.52. The number of carbonyl (C=O) groups excluding carboxylic acids is 2. The van der Waals surface area contributed by atoms with Crippen molar-refractivity contribution in [1.82, 2.24) is 15.5 Å². The minimum atomic E-state index is -0.329. The highest BCUT2D eigenvalue weighted by Crippen LogP contribution is 2.40. The highest BCUT2D eigenvalue weighted by atomic mass is 32.2. The number of thioether (sulfide) groups is 1. The van der Waals surface area contributed by atoms with Gasteiger partial charge in [0.2, 0.25) is 5.91 Å². The van der Waals surface area contributed by atoms with E-state index in [0.29, 0.717) is 23.4 Å². The Hall–Kier alpha value is -1.86. The van der Waals surface area contributed by atoms with E-state index < -0.39 is 0 Å². The van der Waals surface area contributed by atoms with Crippen LogP contribution in [0.4, 0.5) is 4.39 Å². The summed E-state index contributed by atoms with van der Waals surface area (Å²) in [5, 5.41) is 6.37. The van der Waals surface area contributed by atoms with Gasteiger partial charge in [-0.3, -0.25) is 9.59 Å². The molecule has 4 rings (SSSR count). The number of rotatable bonds is 5. The summed E-state index contributed by atoms with van der Waals surface area (Å²) in [6, 6.07) is 6.46. The Kier molecular flexibility index (Phi) is 6.55. The average Bonchev–Trinajstić information content (AvgIpc) is 3.23. The summed E-state index contributed by atoms with van der Waals surface area (Å²) in [6.07, 6.45) is 6.50. The lowest BCUT2D eigenvalue weighted by molar-refractivity contribution is -0.127. The van der Waals surface area contributed by atoms with E-state index in [4.69, 9.17) is 0 Å². The predicted octanol–water partition coefficient (Wildman–Crippen LogP) is 2.78. The van der Waals surface area contributed by atoms with Gasteiger partial charge in [0.25, 0.3) is 5.91 Å². The van der Waals surface area contributed by atoms with Gasteiger partial charge in [-0.05, 0) is 57.3 Å². The molecule has 1 aromatic carbocycles. The number of likely N-dealkylation sites (tertiary alicyclic amines) is 1. The van der Waals surface area contributed by atoms with Gasteiger partial charge in [0.1, 0.15) is 5.82 Å². The lowest BCUT2D eigenvalue weighted by Crippen LogP contribution is -2.51. The first-order valence-corrected chi connectivity index (χ1v) is 11.4. The third kappa shape index (κ3) is 5.01. The zero-order chi connectivity index (χ0) is 20.2. The highest BCUT2D eigenvalue weighted by molar-refractivity contribution is 8.04. The summed E-state index contributed by atoms with van der Waals surface area (Å²) < 4.78 is 13.9. The Labute approximate surface area is 175 Å². The number of benzene rings is 1. The molecule has 3 fully saturated rings. The van der Waals surface area contributed by atoms with Gasteiger partial charge in [-0.2, -0.15) is 0 Å². The number of nitrogens with zero attached hydrogens (tertiary/aromatic N) is 1. The van der Waals surface area contributed by atoms with Crippen LogP contribution in [0.25, 0.3) is 6.08 Å². The zero-order valence-electron chi connectivity index (χ0n) is 16.5. The number of nitrogens with one attached hydrogen (secondary N) is 2. The van der Waals surface area contributed by atoms with E-state index in [9.17, 15) is 14.0 Å². The van der Waals surface area contributed by atoms with Crippen LogP contribution in [0, 0.1) is 11.7 Å². The summed E-state index contributed by atoms with van der Waals surface area (Å²) in [4.78, 5) is 28.0. The monoisotopic (exact) mass is 417 g/mol. The van der Waals surface area contributed by atoms with E-state index >= 15 is 0 Å². The van der Waals surface area contributed by atoms with Crippen molar-refractivity contribution in [2.45, 2.75) is 43.4 Å². The molecule has 7 heteroatoms. The van der Waals surface area contributed by atoms with Gasteiger partial charge >= 0.3 is 0 Å². The molecule has 2 N–H and O–H groups in total. The molecule has 156 valence electrons. The molecule has 2 saturated heterocycles. The quantitative estimate of drug-likeness (QED) is 0.724. The van der Waals surface area contributed by atoms with Gasteiger partial charge in [0.05, 0.1) is 4.91 Å². The summed E-state index contributed by atoms with van der Waals surface area (Å²) in [5.74, 6) is -0.443. The molecule has 29 heavy (non-hydrogen) atoms. The number of amides is 2. The Morgan fingerprint density at radius 2 is 2.07 bits per heavy atom. The van der Waals surface area contributed by atoms with Gasteiger partial charge in [0.15, 0.2) is 0 Å². The predicted molar refractivity (Wildman–Crippen MR) is 114 cm³/mol. The molecule has 0 radical (unpaired) electrons. The Bertz CT molecular complexity index is 794. The van der Waals surface area contributed by atoms with Gasteiger partial charge in [-0.25, -0.2) is 4.39 Å². The molecule has 1 aromatic rings. The molecular weight excluding hydrogens is 389 g/mol. The van der Waals surface area contributed by atoms with E-state index in [1.807, 2.05) is 0 Å². The van der Waals surface area contributed by atoms with Gasteiger partial charge in [0, 0.05) is 35.9 Å². The van der Waals surface area contributed by atoms with Crippen LogP contribution in [-0.4, -0.2) is 54.2 Å². The van der Waals surface area contributed by atoms with E-state index in [1.165, 1.54) is 30.7 Å². The second kappa shape index (κ2) is 9.30. The second-order valence-electron chi connectivity index (χ2n) is 8.12. The molecule has 2 amide bonds. The fraction of sp³-hybridized carbons (Fsp3) is 0.545. The minimum absolute atomic E-state index is 0.00616. The van der Waals surface area contributed by atoms with Crippen molar-refractivity contribution < 1.29 is 14.0 Å².